The average molecular weight is 500 g/mol. The maximum absolute atomic E-state index is 15.1. The maximum Gasteiger partial charge on any atom is 0.405 e. The molecule has 0 bridgehead atoms. The normalized spacial score (nSPS) is 11.7. The number of pyridine rings is 1. The highest BCUT2D eigenvalue weighted by molar-refractivity contribution is 5.97. The van der Waals surface area contributed by atoms with Crippen LogP contribution in [-0.2, 0) is 11.8 Å². The van der Waals surface area contributed by atoms with Gasteiger partial charge in [-0.2, -0.15) is 0 Å². The highest BCUT2D eigenvalue weighted by atomic mass is 19.1. The molecule has 0 saturated carbocycles. The molecule has 0 fully saturated rings. The fourth-order valence-corrected chi connectivity index (χ4v) is 4.37. The third-order valence-electron chi connectivity index (χ3n) is 6.17. The predicted molar refractivity (Wildman–Crippen MR) is 140 cm³/mol. The summed E-state index contributed by atoms with van der Waals surface area (Å²) in [5.74, 6) is -1.86. The number of carboxylic acid groups (broad SMARTS) is 1. The Kier molecular flexibility index (Phi) is 7.48. The fourth-order valence-electron chi connectivity index (χ4n) is 4.37. The average Bonchev–Trinajstić information content (AvgIpc) is 2.87. The fraction of sp³-hybridized carbons (Fsp3) is 0.138. The van der Waals surface area contributed by atoms with E-state index in [1.165, 1.54) is 22.8 Å². The van der Waals surface area contributed by atoms with Crippen LogP contribution in [0.3, 0.4) is 0 Å². The van der Waals surface area contributed by atoms with Crippen LogP contribution in [0, 0.1) is 12.7 Å². The molecule has 1 atom stereocenters. The van der Waals surface area contributed by atoms with Gasteiger partial charge in [0, 0.05) is 42.0 Å². The molecule has 188 valence electrons. The maximum atomic E-state index is 15.1. The minimum absolute atomic E-state index is 0.172. The zero-order valence-corrected chi connectivity index (χ0v) is 20.3. The number of carbonyl (C=O) groups is 2. The SMILES string of the molecule is Cc1cc(=O)n(C)cc1-c1ccc(NC(=O)C(NC(=O)O)C(c2ccccc2)c2ccccc2)cc1F. The summed E-state index contributed by atoms with van der Waals surface area (Å²) in [7, 11) is 1.59. The van der Waals surface area contributed by atoms with Crippen molar-refractivity contribution in [1.29, 1.82) is 0 Å². The first-order valence-corrected chi connectivity index (χ1v) is 11.6. The number of nitrogens with zero attached hydrogens (tertiary/aromatic N) is 1. The lowest BCUT2D eigenvalue weighted by atomic mass is 9.84. The number of benzene rings is 3. The molecule has 1 aromatic heterocycles. The summed E-state index contributed by atoms with van der Waals surface area (Å²) in [6.45, 7) is 1.72. The number of anilines is 1. The third-order valence-corrected chi connectivity index (χ3v) is 6.17. The van der Waals surface area contributed by atoms with E-state index in [2.05, 4.69) is 10.6 Å². The van der Waals surface area contributed by atoms with Crippen LogP contribution in [0.15, 0.2) is 95.9 Å². The Hall–Kier alpha value is -4.72. The van der Waals surface area contributed by atoms with Crippen LogP contribution in [0.1, 0.15) is 22.6 Å². The first kappa shape index (κ1) is 25.4. The van der Waals surface area contributed by atoms with Gasteiger partial charge in [-0.15, -0.1) is 0 Å². The minimum atomic E-state index is -1.36. The first-order valence-electron chi connectivity index (χ1n) is 11.6. The van der Waals surface area contributed by atoms with Gasteiger partial charge in [-0.1, -0.05) is 60.7 Å². The number of aromatic nitrogens is 1. The highest BCUT2D eigenvalue weighted by Gasteiger charge is 2.32. The molecule has 1 unspecified atom stereocenters. The zero-order valence-electron chi connectivity index (χ0n) is 20.3. The second-order valence-electron chi connectivity index (χ2n) is 8.73. The molecule has 0 spiro atoms. The van der Waals surface area contributed by atoms with E-state index in [9.17, 15) is 19.5 Å². The Morgan fingerprint density at radius 1 is 0.892 bits per heavy atom. The van der Waals surface area contributed by atoms with Gasteiger partial charge in [-0.25, -0.2) is 9.18 Å². The zero-order chi connectivity index (χ0) is 26.5. The van der Waals surface area contributed by atoms with Gasteiger partial charge in [0.1, 0.15) is 11.9 Å². The van der Waals surface area contributed by atoms with Gasteiger partial charge in [0.05, 0.1) is 0 Å². The molecule has 0 saturated heterocycles. The monoisotopic (exact) mass is 499 g/mol. The van der Waals surface area contributed by atoms with Crippen molar-refractivity contribution in [2.24, 2.45) is 7.05 Å². The van der Waals surface area contributed by atoms with Gasteiger partial charge in [0.15, 0.2) is 0 Å². The standard InChI is InChI=1S/C29H26FN3O4/c1-18-15-25(34)33(2)17-23(18)22-14-13-21(16-24(22)30)31-28(35)27(32-29(36)37)26(19-9-5-3-6-10-19)20-11-7-4-8-12-20/h3-17,26-27,32H,1-2H3,(H,31,35)(H,36,37). The van der Waals surface area contributed by atoms with Crippen molar-refractivity contribution in [2.75, 3.05) is 5.32 Å². The number of rotatable bonds is 7. The second kappa shape index (κ2) is 10.9. The first-order chi connectivity index (χ1) is 17.7. The van der Waals surface area contributed by atoms with Crippen molar-refractivity contribution in [3.63, 3.8) is 0 Å². The molecular weight excluding hydrogens is 473 g/mol. The number of hydrogen-bond acceptors (Lipinski definition) is 3. The third kappa shape index (κ3) is 5.75. The van der Waals surface area contributed by atoms with E-state index in [0.29, 0.717) is 11.1 Å². The van der Waals surface area contributed by atoms with Gasteiger partial charge in [0.25, 0.3) is 5.56 Å². The Morgan fingerprint density at radius 3 is 2.03 bits per heavy atom. The van der Waals surface area contributed by atoms with Crippen LogP contribution in [0.4, 0.5) is 14.9 Å². The van der Waals surface area contributed by atoms with Crippen molar-refractivity contribution in [3.8, 4) is 11.1 Å². The molecule has 3 aromatic carbocycles. The van der Waals surface area contributed by atoms with Crippen LogP contribution in [-0.4, -0.2) is 27.7 Å². The van der Waals surface area contributed by atoms with Crippen LogP contribution in [0.5, 0.6) is 0 Å². The van der Waals surface area contributed by atoms with Crippen LogP contribution in [0.2, 0.25) is 0 Å². The number of amides is 2. The van der Waals surface area contributed by atoms with Gasteiger partial charge >= 0.3 is 6.09 Å². The van der Waals surface area contributed by atoms with E-state index in [-0.39, 0.29) is 16.8 Å². The summed E-state index contributed by atoms with van der Waals surface area (Å²) in [6, 6.07) is 22.7. The van der Waals surface area contributed by atoms with Gasteiger partial charge in [-0.05, 0) is 41.8 Å². The van der Waals surface area contributed by atoms with E-state index in [0.717, 1.165) is 11.1 Å². The summed E-state index contributed by atoms with van der Waals surface area (Å²) in [5, 5.41) is 14.5. The van der Waals surface area contributed by atoms with Gasteiger partial charge in [-0.3, -0.25) is 9.59 Å². The molecule has 3 N–H and O–H groups in total. The van der Waals surface area contributed by atoms with Crippen molar-refractivity contribution in [3.05, 3.63) is 124 Å². The number of carbonyl (C=O) groups excluding carboxylic acids is 1. The Bertz CT molecular complexity index is 1450. The lowest BCUT2D eigenvalue weighted by molar-refractivity contribution is -0.118. The highest BCUT2D eigenvalue weighted by Crippen LogP contribution is 2.30. The predicted octanol–water partition coefficient (Wildman–Crippen LogP) is 4.91. The minimum Gasteiger partial charge on any atom is -0.465 e. The van der Waals surface area contributed by atoms with Crippen molar-refractivity contribution < 1.29 is 19.1 Å². The van der Waals surface area contributed by atoms with E-state index >= 15 is 4.39 Å². The number of halogens is 1. The quantitative estimate of drug-likeness (QED) is 0.337. The van der Waals surface area contributed by atoms with E-state index in [4.69, 9.17) is 0 Å². The molecular formula is C29H26FN3O4. The molecule has 0 aliphatic rings. The van der Waals surface area contributed by atoms with E-state index in [1.54, 1.807) is 26.2 Å². The molecule has 37 heavy (non-hydrogen) atoms. The lowest BCUT2D eigenvalue weighted by Crippen LogP contribution is -2.47. The summed E-state index contributed by atoms with van der Waals surface area (Å²) >= 11 is 0. The molecule has 4 aromatic rings. The lowest BCUT2D eigenvalue weighted by Gasteiger charge is -2.27. The van der Waals surface area contributed by atoms with Gasteiger partial charge < -0.3 is 20.3 Å². The Morgan fingerprint density at radius 2 is 1.49 bits per heavy atom. The number of aryl methyl sites for hydroxylation is 2. The van der Waals surface area contributed by atoms with Gasteiger partial charge in [0.2, 0.25) is 5.91 Å². The van der Waals surface area contributed by atoms with Crippen molar-refractivity contribution >= 4 is 17.7 Å². The molecule has 0 aliphatic heterocycles. The van der Waals surface area contributed by atoms with E-state index < -0.39 is 29.8 Å². The summed E-state index contributed by atoms with van der Waals surface area (Å²) in [5.41, 5.74) is 2.91. The largest absolute Gasteiger partial charge is 0.465 e. The molecule has 8 heteroatoms. The number of hydrogen-bond donors (Lipinski definition) is 3. The second-order valence-corrected chi connectivity index (χ2v) is 8.73. The molecule has 0 aliphatic carbocycles. The van der Waals surface area contributed by atoms with Crippen LogP contribution in [0.25, 0.3) is 11.1 Å². The summed E-state index contributed by atoms with van der Waals surface area (Å²) < 4.78 is 16.5. The molecule has 4 rings (SSSR count). The topological polar surface area (TPSA) is 100 Å². The molecule has 1 heterocycles. The molecule has 0 radical (unpaired) electrons. The number of nitrogens with one attached hydrogen (secondary N) is 2. The van der Waals surface area contributed by atoms with Crippen molar-refractivity contribution in [1.82, 2.24) is 9.88 Å². The van der Waals surface area contributed by atoms with Crippen LogP contribution < -0.4 is 16.2 Å². The summed E-state index contributed by atoms with van der Waals surface area (Å²) in [4.78, 5) is 37.0. The van der Waals surface area contributed by atoms with E-state index in [1.807, 2.05) is 60.7 Å². The summed E-state index contributed by atoms with van der Waals surface area (Å²) in [6.07, 6.45) is 0.203. The Balaban J connectivity index is 1.68. The Labute approximate surface area is 213 Å². The van der Waals surface area contributed by atoms with Crippen molar-refractivity contribution in [2.45, 2.75) is 18.9 Å². The molecule has 2 amide bonds. The molecule has 7 nitrogen and oxygen atoms in total. The smallest absolute Gasteiger partial charge is 0.405 e. The van der Waals surface area contributed by atoms with Crippen LogP contribution >= 0.6 is 0 Å².